The Kier molecular flexibility index (Phi) is 5.00. The predicted molar refractivity (Wildman–Crippen MR) is 84.5 cm³/mol. The molecule has 2 rings (SSSR count). The van der Waals surface area contributed by atoms with Gasteiger partial charge >= 0.3 is 0 Å². The third-order valence-electron chi connectivity index (χ3n) is 3.68. The van der Waals surface area contributed by atoms with Crippen molar-refractivity contribution in [1.29, 1.82) is 0 Å². The Bertz CT molecular complexity index is 577. The normalized spacial score (nSPS) is 11.9. The van der Waals surface area contributed by atoms with Crippen molar-refractivity contribution in [1.82, 2.24) is 19.4 Å². The fraction of sp³-hybridized carbons (Fsp3) is 0.600. The van der Waals surface area contributed by atoms with Gasteiger partial charge in [0, 0.05) is 37.6 Å². The molecular weight excluding hydrogens is 272 g/mol. The molecule has 0 unspecified atom stereocenters. The number of aryl methyl sites for hydroxylation is 2. The van der Waals surface area contributed by atoms with Gasteiger partial charge in [0.15, 0.2) is 5.65 Å². The molecule has 0 aliphatic heterocycles. The van der Waals surface area contributed by atoms with Crippen molar-refractivity contribution >= 4 is 22.8 Å². The Morgan fingerprint density at radius 1 is 1.40 bits per heavy atom. The maximum absolute atomic E-state index is 5.90. The zero-order valence-corrected chi connectivity index (χ0v) is 13.5. The second-order valence-corrected chi connectivity index (χ2v) is 5.93. The molecular formula is C15H23ClN4. The number of imidazole rings is 1. The van der Waals surface area contributed by atoms with E-state index >= 15 is 0 Å². The van der Waals surface area contributed by atoms with E-state index in [1.807, 2.05) is 13.1 Å². The molecule has 0 radical (unpaired) electrons. The monoisotopic (exact) mass is 294 g/mol. The first kappa shape index (κ1) is 15.3. The summed E-state index contributed by atoms with van der Waals surface area (Å²) in [7, 11) is 2.14. The lowest BCUT2D eigenvalue weighted by atomic mass is 10.3. The first-order valence-electron chi connectivity index (χ1n) is 7.11. The third-order valence-corrected chi connectivity index (χ3v) is 3.87. The fourth-order valence-corrected chi connectivity index (χ4v) is 2.35. The first-order valence-corrected chi connectivity index (χ1v) is 7.64. The molecule has 0 fully saturated rings. The van der Waals surface area contributed by atoms with Gasteiger partial charge < -0.3 is 9.47 Å². The van der Waals surface area contributed by atoms with Crippen LogP contribution in [0, 0.1) is 6.92 Å². The molecule has 0 aromatic carbocycles. The zero-order valence-electron chi connectivity index (χ0n) is 12.7. The standard InChI is InChI=1S/C15H23ClN4/c1-11(2)19(4)7-8-20-14(5-6-16)18-13-9-12(3)10-17-15(13)20/h9-11H,5-8H2,1-4H3. The van der Waals surface area contributed by atoms with Crippen LogP contribution in [-0.4, -0.2) is 44.9 Å². The summed E-state index contributed by atoms with van der Waals surface area (Å²) >= 11 is 5.90. The van der Waals surface area contributed by atoms with Crippen molar-refractivity contribution in [2.24, 2.45) is 0 Å². The molecule has 0 saturated heterocycles. The van der Waals surface area contributed by atoms with Crippen LogP contribution in [0.25, 0.3) is 11.2 Å². The van der Waals surface area contributed by atoms with E-state index in [0.717, 1.165) is 42.1 Å². The number of alkyl halides is 1. The summed E-state index contributed by atoms with van der Waals surface area (Å²) in [5.41, 5.74) is 3.07. The van der Waals surface area contributed by atoms with E-state index in [4.69, 9.17) is 11.6 Å². The number of hydrogen-bond donors (Lipinski definition) is 0. The van der Waals surface area contributed by atoms with Crippen molar-refractivity contribution in [3.63, 3.8) is 0 Å². The Morgan fingerprint density at radius 3 is 2.80 bits per heavy atom. The SMILES string of the molecule is Cc1cnc2c(c1)nc(CCCl)n2CCN(C)C(C)C. The van der Waals surface area contributed by atoms with Crippen molar-refractivity contribution in [3.05, 3.63) is 23.7 Å². The second-order valence-electron chi connectivity index (χ2n) is 5.55. The van der Waals surface area contributed by atoms with Crippen LogP contribution in [0.1, 0.15) is 25.2 Å². The van der Waals surface area contributed by atoms with Crippen LogP contribution >= 0.6 is 11.6 Å². The van der Waals surface area contributed by atoms with Crippen LogP contribution in [0.15, 0.2) is 12.3 Å². The number of hydrogen-bond acceptors (Lipinski definition) is 3. The summed E-state index contributed by atoms with van der Waals surface area (Å²) < 4.78 is 2.20. The van der Waals surface area contributed by atoms with E-state index in [0.29, 0.717) is 11.9 Å². The summed E-state index contributed by atoms with van der Waals surface area (Å²) in [6.07, 6.45) is 2.68. The van der Waals surface area contributed by atoms with Crippen LogP contribution in [0.3, 0.4) is 0 Å². The molecule has 5 heteroatoms. The van der Waals surface area contributed by atoms with E-state index < -0.39 is 0 Å². The molecule has 20 heavy (non-hydrogen) atoms. The Labute approximate surface area is 125 Å². The largest absolute Gasteiger partial charge is 0.311 e. The van der Waals surface area contributed by atoms with Crippen LogP contribution in [0.2, 0.25) is 0 Å². The molecule has 0 spiro atoms. The average molecular weight is 295 g/mol. The molecule has 0 aliphatic rings. The van der Waals surface area contributed by atoms with Crippen molar-refractivity contribution in [2.75, 3.05) is 19.5 Å². The number of fused-ring (bicyclic) bond motifs is 1. The molecule has 0 N–H and O–H groups in total. The summed E-state index contributed by atoms with van der Waals surface area (Å²) in [6, 6.07) is 2.62. The quantitative estimate of drug-likeness (QED) is 0.768. The lowest BCUT2D eigenvalue weighted by molar-refractivity contribution is 0.263. The highest BCUT2D eigenvalue weighted by atomic mass is 35.5. The summed E-state index contributed by atoms with van der Waals surface area (Å²) in [6.45, 7) is 8.32. The van der Waals surface area contributed by atoms with Gasteiger partial charge in [-0.2, -0.15) is 0 Å². The van der Waals surface area contributed by atoms with Gasteiger partial charge in [-0.25, -0.2) is 9.97 Å². The van der Waals surface area contributed by atoms with Gasteiger partial charge in [-0.15, -0.1) is 11.6 Å². The highest BCUT2D eigenvalue weighted by Gasteiger charge is 2.13. The van der Waals surface area contributed by atoms with Crippen molar-refractivity contribution in [3.8, 4) is 0 Å². The summed E-state index contributed by atoms with van der Waals surface area (Å²) in [5, 5.41) is 0. The third kappa shape index (κ3) is 3.30. The van der Waals surface area contributed by atoms with E-state index in [9.17, 15) is 0 Å². The van der Waals surface area contributed by atoms with E-state index in [1.165, 1.54) is 0 Å². The second kappa shape index (κ2) is 6.55. The maximum atomic E-state index is 5.90. The molecule has 4 nitrogen and oxygen atoms in total. The topological polar surface area (TPSA) is 34.0 Å². The smallest absolute Gasteiger partial charge is 0.160 e. The molecule has 2 heterocycles. The van der Waals surface area contributed by atoms with E-state index in [2.05, 4.69) is 46.4 Å². The van der Waals surface area contributed by atoms with Crippen LogP contribution < -0.4 is 0 Å². The van der Waals surface area contributed by atoms with Gasteiger partial charge in [0.1, 0.15) is 11.3 Å². The number of rotatable bonds is 6. The van der Waals surface area contributed by atoms with Gasteiger partial charge in [-0.05, 0) is 39.4 Å². The van der Waals surface area contributed by atoms with Gasteiger partial charge in [0.2, 0.25) is 0 Å². The zero-order chi connectivity index (χ0) is 14.7. The van der Waals surface area contributed by atoms with Crippen LogP contribution in [0.5, 0.6) is 0 Å². The highest BCUT2D eigenvalue weighted by Crippen LogP contribution is 2.16. The number of halogens is 1. The molecule has 0 amide bonds. The van der Waals surface area contributed by atoms with Gasteiger partial charge in [0.05, 0.1) is 0 Å². The van der Waals surface area contributed by atoms with Crippen LogP contribution in [0.4, 0.5) is 0 Å². The first-order chi connectivity index (χ1) is 9.52. The molecule has 0 atom stereocenters. The minimum absolute atomic E-state index is 0.538. The predicted octanol–water partition coefficient (Wildman–Crippen LogP) is 2.86. The Hall–Kier alpha value is -1.13. The molecule has 2 aromatic rings. The minimum atomic E-state index is 0.538. The molecule has 2 aromatic heterocycles. The molecule has 110 valence electrons. The van der Waals surface area contributed by atoms with Crippen LogP contribution in [-0.2, 0) is 13.0 Å². The minimum Gasteiger partial charge on any atom is -0.311 e. The Morgan fingerprint density at radius 2 is 2.15 bits per heavy atom. The van der Waals surface area contributed by atoms with Gasteiger partial charge in [0.25, 0.3) is 0 Å². The maximum Gasteiger partial charge on any atom is 0.160 e. The number of aromatic nitrogens is 3. The van der Waals surface area contributed by atoms with Crippen molar-refractivity contribution < 1.29 is 0 Å². The average Bonchev–Trinajstić information content (AvgIpc) is 2.72. The fourth-order valence-electron chi connectivity index (χ4n) is 2.18. The molecule has 0 saturated carbocycles. The molecule has 0 aliphatic carbocycles. The Balaban J connectivity index is 2.31. The van der Waals surface area contributed by atoms with Crippen molar-refractivity contribution in [2.45, 2.75) is 39.8 Å². The van der Waals surface area contributed by atoms with E-state index in [-0.39, 0.29) is 0 Å². The number of nitrogens with zero attached hydrogens (tertiary/aromatic N) is 4. The van der Waals surface area contributed by atoms with Gasteiger partial charge in [-0.1, -0.05) is 0 Å². The lowest BCUT2D eigenvalue weighted by Crippen LogP contribution is -2.30. The highest BCUT2D eigenvalue weighted by molar-refractivity contribution is 6.17. The summed E-state index contributed by atoms with van der Waals surface area (Å²) in [4.78, 5) is 11.6. The van der Waals surface area contributed by atoms with E-state index in [1.54, 1.807) is 0 Å². The summed E-state index contributed by atoms with van der Waals surface area (Å²) in [5.74, 6) is 1.62. The molecule has 0 bridgehead atoms. The lowest BCUT2D eigenvalue weighted by Gasteiger charge is -2.21. The number of pyridine rings is 1. The van der Waals surface area contributed by atoms with Gasteiger partial charge in [-0.3, -0.25) is 0 Å². The number of likely N-dealkylation sites (N-methyl/N-ethyl adjacent to an activating group) is 1.